The number of unbranched alkanes of at least 4 members (excludes halogenated alkanes) is 1. The average Bonchev–Trinajstić information content (AvgIpc) is 2.26. The van der Waals surface area contributed by atoms with Gasteiger partial charge in [-0.25, -0.2) is 0 Å². The second-order valence-electron chi connectivity index (χ2n) is 4.05. The summed E-state index contributed by atoms with van der Waals surface area (Å²) in [5.41, 5.74) is 7.94. The number of nitrogens with two attached hydrogens (primary N) is 1. The standard InChI is InChI=1S/C13H19NO2/c1-2-3-4-10-5-7-11(8-6-10)12(14)9-13(15)16/h5-8,12H,2-4,9,14H2,1H3,(H,15,16). The lowest BCUT2D eigenvalue weighted by atomic mass is 10.0. The molecule has 1 aromatic carbocycles. The first kappa shape index (κ1) is 12.7. The Balaban J connectivity index is 2.59. The molecule has 3 N–H and O–H groups in total. The molecule has 0 heterocycles. The Kier molecular flexibility index (Phi) is 4.99. The summed E-state index contributed by atoms with van der Waals surface area (Å²) in [7, 11) is 0. The number of benzene rings is 1. The van der Waals surface area contributed by atoms with Gasteiger partial charge in [0.25, 0.3) is 0 Å². The van der Waals surface area contributed by atoms with Crippen molar-refractivity contribution in [3.05, 3.63) is 35.4 Å². The first-order chi connectivity index (χ1) is 7.63. The lowest BCUT2D eigenvalue weighted by Crippen LogP contribution is -2.14. The van der Waals surface area contributed by atoms with Gasteiger partial charge in [-0.2, -0.15) is 0 Å². The minimum atomic E-state index is -0.859. The van der Waals surface area contributed by atoms with Crippen LogP contribution in [0.3, 0.4) is 0 Å². The number of aryl methyl sites for hydroxylation is 1. The maximum atomic E-state index is 10.5. The van der Waals surface area contributed by atoms with Crippen LogP contribution in [0.2, 0.25) is 0 Å². The summed E-state index contributed by atoms with van der Waals surface area (Å²) in [5.74, 6) is -0.859. The van der Waals surface area contributed by atoms with Crippen LogP contribution in [0, 0.1) is 0 Å². The van der Waals surface area contributed by atoms with Crippen LogP contribution >= 0.6 is 0 Å². The molecule has 16 heavy (non-hydrogen) atoms. The number of hydrogen-bond donors (Lipinski definition) is 2. The van der Waals surface area contributed by atoms with Crippen LogP contribution in [0.4, 0.5) is 0 Å². The number of aliphatic carboxylic acids is 1. The van der Waals surface area contributed by atoms with Gasteiger partial charge in [-0.1, -0.05) is 37.6 Å². The summed E-state index contributed by atoms with van der Waals surface area (Å²) in [6, 6.07) is 7.52. The maximum absolute atomic E-state index is 10.5. The van der Waals surface area contributed by atoms with Crippen molar-refractivity contribution in [3.63, 3.8) is 0 Å². The first-order valence-corrected chi connectivity index (χ1v) is 5.69. The van der Waals surface area contributed by atoms with Crippen molar-refractivity contribution in [3.8, 4) is 0 Å². The molecule has 3 heteroatoms. The molecule has 88 valence electrons. The predicted molar refractivity (Wildman–Crippen MR) is 64.2 cm³/mol. The van der Waals surface area contributed by atoms with E-state index in [1.807, 2.05) is 24.3 Å². The zero-order valence-electron chi connectivity index (χ0n) is 9.65. The van der Waals surface area contributed by atoms with Crippen LogP contribution in [-0.2, 0) is 11.2 Å². The number of carboxylic acids is 1. The van der Waals surface area contributed by atoms with E-state index in [-0.39, 0.29) is 6.42 Å². The van der Waals surface area contributed by atoms with Crippen molar-refractivity contribution in [1.29, 1.82) is 0 Å². The molecule has 1 unspecified atom stereocenters. The summed E-state index contributed by atoms with van der Waals surface area (Å²) in [6.07, 6.45) is 3.42. The summed E-state index contributed by atoms with van der Waals surface area (Å²) in [6.45, 7) is 2.16. The third kappa shape index (κ3) is 4.03. The van der Waals surface area contributed by atoms with Gasteiger partial charge in [0, 0.05) is 6.04 Å². The molecule has 0 spiro atoms. The Morgan fingerprint density at radius 1 is 1.38 bits per heavy atom. The lowest BCUT2D eigenvalue weighted by molar-refractivity contribution is -0.137. The molecular weight excluding hydrogens is 202 g/mol. The monoisotopic (exact) mass is 221 g/mol. The highest BCUT2D eigenvalue weighted by molar-refractivity contribution is 5.67. The predicted octanol–water partition coefficient (Wildman–Crippen LogP) is 2.50. The molecule has 0 radical (unpaired) electrons. The van der Waals surface area contributed by atoms with Crippen molar-refractivity contribution < 1.29 is 9.90 Å². The van der Waals surface area contributed by atoms with Gasteiger partial charge in [0.15, 0.2) is 0 Å². The number of carboxylic acid groups (broad SMARTS) is 1. The van der Waals surface area contributed by atoms with E-state index in [2.05, 4.69) is 6.92 Å². The topological polar surface area (TPSA) is 63.3 Å². The van der Waals surface area contributed by atoms with Crippen molar-refractivity contribution in [1.82, 2.24) is 0 Å². The Bertz CT molecular complexity index is 332. The minimum absolute atomic E-state index is 0.0195. The first-order valence-electron chi connectivity index (χ1n) is 5.69. The van der Waals surface area contributed by atoms with Crippen LogP contribution in [0.5, 0.6) is 0 Å². The molecule has 0 aliphatic heterocycles. The van der Waals surface area contributed by atoms with Crippen LogP contribution < -0.4 is 5.73 Å². The smallest absolute Gasteiger partial charge is 0.305 e. The molecule has 0 amide bonds. The molecule has 0 bridgehead atoms. The van der Waals surface area contributed by atoms with Gasteiger partial charge >= 0.3 is 5.97 Å². The van der Waals surface area contributed by atoms with Gasteiger partial charge < -0.3 is 10.8 Å². The third-order valence-electron chi connectivity index (χ3n) is 2.62. The Morgan fingerprint density at radius 2 is 2.00 bits per heavy atom. The molecular formula is C13H19NO2. The molecule has 0 aliphatic rings. The van der Waals surface area contributed by atoms with Gasteiger partial charge in [-0.15, -0.1) is 0 Å². The lowest BCUT2D eigenvalue weighted by Gasteiger charge is -2.10. The van der Waals surface area contributed by atoms with Crippen molar-refractivity contribution in [2.24, 2.45) is 5.73 Å². The Labute approximate surface area is 96.3 Å². The van der Waals surface area contributed by atoms with Gasteiger partial charge in [0.05, 0.1) is 6.42 Å². The molecule has 0 aliphatic carbocycles. The second-order valence-corrected chi connectivity index (χ2v) is 4.05. The molecule has 1 rings (SSSR count). The number of rotatable bonds is 6. The summed E-state index contributed by atoms with van der Waals surface area (Å²) < 4.78 is 0. The highest BCUT2D eigenvalue weighted by atomic mass is 16.4. The Morgan fingerprint density at radius 3 is 2.50 bits per heavy atom. The van der Waals surface area contributed by atoms with Crippen molar-refractivity contribution in [2.45, 2.75) is 38.6 Å². The van der Waals surface area contributed by atoms with Crippen molar-refractivity contribution >= 4 is 5.97 Å². The van der Waals surface area contributed by atoms with E-state index in [9.17, 15) is 4.79 Å². The van der Waals surface area contributed by atoms with Crippen LogP contribution in [0.15, 0.2) is 24.3 Å². The molecule has 0 fully saturated rings. The van der Waals surface area contributed by atoms with Crippen LogP contribution in [0.1, 0.15) is 43.4 Å². The van der Waals surface area contributed by atoms with Gasteiger partial charge in [-0.05, 0) is 24.0 Å². The van der Waals surface area contributed by atoms with E-state index < -0.39 is 12.0 Å². The minimum Gasteiger partial charge on any atom is -0.481 e. The highest BCUT2D eigenvalue weighted by Crippen LogP contribution is 2.15. The molecule has 1 atom stereocenters. The van der Waals surface area contributed by atoms with Gasteiger partial charge in [0.1, 0.15) is 0 Å². The van der Waals surface area contributed by atoms with E-state index in [4.69, 9.17) is 10.8 Å². The van der Waals surface area contributed by atoms with Crippen LogP contribution in [0.25, 0.3) is 0 Å². The van der Waals surface area contributed by atoms with E-state index in [1.54, 1.807) is 0 Å². The zero-order valence-corrected chi connectivity index (χ0v) is 9.65. The summed E-state index contributed by atoms with van der Waals surface area (Å²) in [5, 5.41) is 8.64. The average molecular weight is 221 g/mol. The van der Waals surface area contributed by atoms with E-state index in [0.29, 0.717) is 0 Å². The van der Waals surface area contributed by atoms with E-state index in [1.165, 1.54) is 18.4 Å². The SMILES string of the molecule is CCCCc1ccc(C(N)CC(=O)O)cc1. The molecule has 0 saturated carbocycles. The molecule has 1 aromatic rings. The molecule has 0 saturated heterocycles. The number of hydrogen-bond acceptors (Lipinski definition) is 2. The second kappa shape index (κ2) is 6.28. The van der Waals surface area contributed by atoms with E-state index >= 15 is 0 Å². The normalized spacial score (nSPS) is 12.4. The van der Waals surface area contributed by atoms with Crippen LogP contribution in [-0.4, -0.2) is 11.1 Å². The van der Waals surface area contributed by atoms with E-state index in [0.717, 1.165) is 12.0 Å². The fourth-order valence-corrected chi connectivity index (χ4v) is 1.62. The fourth-order valence-electron chi connectivity index (χ4n) is 1.62. The third-order valence-corrected chi connectivity index (χ3v) is 2.62. The molecule has 3 nitrogen and oxygen atoms in total. The maximum Gasteiger partial charge on any atom is 0.305 e. The van der Waals surface area contributed by atoms with Gasteiger partial charge in [-0.3, -0.25) is 4.79 Å². The van der Waals surface area contributed by atoms with Crippen molar-refractivity contribution in [2.75, 3.05) is 0 Å². The summed E-state index contributed by atoms with van der Waals surface area (Å²) >= 11 is 0. The summed E-state index contributed by atoms with van der Waals surface area (Å²) in [4.78, 5) is 10.5. The van der Waals surface area contributed by atoms with Gasteiger partial charge in [0.2, 0.25) is 0 Å². The Hall–Kier alpha value is -1.35. The quantitative estimate of drug-likeness (QED) is 0.775. The highest BCUT2D eigenvalue weighted by Gasteiger charge is 2.09. The zero-order chi connectivity index (χ0) is 12.0. The molecule has 0 aromatic heterocycles. The number of carbonyl (C=O) groups is 1. The largest absolute Gasteiger partial charge is 0.481 e. The fraction of sp³-hybridized carbons (Fsp3) is 0.462.